The topological polar surface area (TPSA) is 113 Å². The molecule has 1 aliphatic heterocycles. The number of amides is 4. The molecule has 9 nitrogen and oxygen atoms in total. The van der Waals surface area contributed by atoms with Crippen molar-refractivity contribution in [2.75, 3.05) is 23.9 Å². The van der Waals surface area contributed by atoms with Gasteiger partial charge in [-0.05, 0) is 55.0 Å². The Hall–Kier alpha value is -4.79. The Kier molecular flexibility index (Phi) is 7.15. The fraction of sp³-hybridized carbons (Fsp3) is 0.179. The number of anilines is 2. The average Bonchev–Trinajstić information content (AvgIpc) is 3.13. The van der Waals surface area contributed by atoms with E-state index in [4.69, 9.17) is 4.74 Å². The summed E-state index contributed by atoms with van der Waals surface area (Å²) >= 11 is 0. The highest BCUT2D eigenvalue weighted by Gasteiger charge is 2.37. The summed E-state index contributed by atoms with van der Waals surface area (Å²) in [5, 5.41) is 2.62. The highest BCUT2D eigenvalue weighted by molar-refractivity contribution is 6.34. The van der Waals surface area contributed by atoms with Gasteiger partial charge in [0.1, 0.15) is 0 Å². The van der Waals surface area contributed by atoms with Crippen LogP contribution in [0.5, 0.6) is 0 Å². The largest absolute Gasteiger partial charge is 0.452 e. The van der Waals surface area contributed by atoms with Crippen molar-refractivity contribution in [2.24, 2.45) is 0 Å². The number of nitrogens with zero attached hydrogens (tertiary/aromatic N) is 2. The van der Waals surface area contributed by atoms with E-state index in [1.54, 1.807) is 31.3 Å². The zero-order chi connectivity index (χ0) is 26.7. The van der Waals surface area contributed by atoms with Gasteiger partial charge in [0, 0.05) is 26.2 Å². The molecule has 3 aromatic carbocycles. The highest BCUT2D eigenvalue weighted by atomic mass is 16.5. The molecule has 0 bridgehead atoms. The van der Waals surface area contributed by atoms with Gasteiger partial charge >= 0.3 is 5.97 Å². The van der Waals surface area contributed by atoms with Crippen LogP contribution >= 0.6 is 0 Å². The lowest BCUT2D eigenvalue weighted by molar-refractivity contribution is -0.133. The molecule has 37 heavy (non-hydrogen) atoms. The van der Waals surface area contributed by atoms with Gasteiger partial charge in [0.2, 0.25) is 5.91 Å². The van der Waals surface area contributed by atoms with Crippen LogP contribution in [0.25, 0.3) is 0 Å². The maximum absolute atomic E-state index is 13.0. The van der Waals surface area contributed by atoms with Crippen LogP contribution in [0.3, 0.4) is 0 Å². The van der Waals surface area contributed by atoms with E-state index < -0.39 is 24.4 Å². The van der Waals surface area contributed by atoms with E-state index in [-0.39, 0.29) is 28.5 Å². The Balaban J connectivity index is 1.41. The molecule has 1 N–H and O–H groups in total. The van der Waals surface area contributed by atoms with Gasteiger partial charge in [-0.25, -0.2) is 9.69 Å². The molecule has 188 valence electrons. The lowest BCUT2D eigenvalue weighted by Crippen LogP contribution is -2.30. The monoisotopic (exact) mass is 499 g/mol. The Morgan fingerprint density at radius 3 is 2.19 bits per heavy atom. The third kappa shape index (κ3) is 5.56. The van der Waals surface area contributed by atoms with Crippen molar-refractivity contribution < 1.29 is 28.7 Å². The number of ether oxygens (including phenoxy) is 1. The molecule has 0 unspecified atom stereocenters. The van der Waals surface area contributed by atoms with E-state index in [9.17, 15) is 24.0 Å². The normalized spacial score (nSPS) is 12.2. The van der Waals surface area contributed by atoms with Crippen LogP contribution in [0.15, 0.2) is 66.7 Å². The van der Waals surface area contributed by atoms with E-state index in [1.807, 2.05) is 31.2 Å². The van der Waals surface area contributed by atoms with Gasteiger partial charge < -0.3 is 15.0 Å². The lowest BCUT2D eigenvalue weighted by atomic mass is 10.1. The molecule has 0 spiro atoms. The minimum atomic E-state index is -0.779. The van der Waals surface area contributed by atoms with Crippen molar-refractivity contribution in [3.8, 4) is 0 Å². The SMILES string of the molecule is CC(=O)Nc1ccc(N2C(=O)c3ccc(C(=O)OCC(=O)N(C)Cc4ccc(C)cc4)cc3C2=O)cc1. The number of hydrogen-bond donors (Lipinski definition) is 1. The van der Waals surface area contributed by atoms with Crippen molar-refractivity contribution in [1.82, 2.24) is 4.90 Å². The molecule has 4 amide bonds. The van der Waals surface area contributed by atoms with E-state index in [2.05, 4.69) is 5.32 Å². The van der Waals surface area contributed by atoms with Crippen LogP contribution in [0, 0.1) is 6.92 Å². The molecule has 4 rings (SSSR count). The molecule has 9 heteroatoms. The summed E-state index contributed by atoms with van der Waals surface area (Å²) < 4.78 is 5.17. The summed E-state index contributed by atoms with van der Waals surface area (Å²) in [6.07, 6.45) is 0. The molecular weight excluding hydrogens is 474 g/mol. The predicted octanol–water partition coefficient (Wildman–Crippen LogP) is 3.57. The first-order valence-electron chi connectivity index (χ1n) is 11.5. The smallest absolute Gasteiger partial charge is 0.338 e. The second-order valence-corrected chi connectivity index (χ2v) is 8.75. The van der Waals surface area contributed by atoms with Crippen molar-refractivity contribution >= 4 is 41.0 Å². The molecule has 3 aromatic rings. The summed E-state index contributed by atoms with van der Waals surface area (Å²) in [4.78, 5) is 64.6. The summed E-state index contributed by atoms with van der Waals surface area (Å²) in [7, 11) is 1.62. The van der Waals surface area contributed by atoms with Gasteiger partial charge in [0.15, 0.2) is 6.61 Å². The quantitative estimate of drug-likeness (QED) is 0.393. The summed E-state index contributed by atoms with van der Waals surface area (Å²) in [5.41, 5.74) is 3.18. The number of imide groups is 1. The third-order valence-corrected chi connectivity index (χ3v) is 5.86. The second-order valence-electron chi connectivity index (χ2n) is 8.75. The van der Waals surface area contributed by atoms with Crippen LogP contribution in [-0.2, 0) is 20.9 Å². The first-order chi connectivity index (χ1) is 17.6. The molecule has 0 saturated carbocycles. The number of fused-ring (bicyclic) bond motifs is 1. The molecule has 1 aliphatic rings. The van der Waals surface area contributed by atoms with Crippen LogP contribution < -0.4 is 10.2 Å². The highest BCUT2D eigenvalue weighted by Crippen LogP contribution is 2.30. The zero-order valence-electron chi connectivity index (χ0n) is 20.6. The predicted molar refractivity (Wildman–Crippen MR) is 136 cm³/mol. The van der Waals surface area contributed by atoms with Crippen molar-refractivity contribution in [2.45, 2.75) is 20.4 Å². The minimum absolute atomic E-state index is 0.0525. The Morgan fingerprint density at radius 1 is 0.892 bits per heavy atom. The van der Waals surface area contributed by atoms with Gasteiger partial charge in [-0.3, -0.25) is 19.2 Å². The summed E-state index contributed by atoms with van der Waals surface area (Å²) in [6, 6.07) is 18.1. The number of hydrogen-bond acceptors (Lipinski definition) is 6. The van der Waals surface area contributed by atoms with Gasteiger partial charge in [-0.2, -0.15) is 0 Å². The number of esters is 1. The number of rotatable bonds is 7. The lowest BCUT2D eigenvalue weighted by Gasteiger charge is -2.17. The van der Waals surface area contributed by atoms with Crippen LogP contribution in [-0.4, -0.2) is 48.2 Å². The molecule has 0 saturated heterocycles. The van der Waals surface area contributed by atoms with Gasteiger partial charge in [-0.15, -0.1) is 0 Å². The molecule has 0 fully saturated rings. The first kappa shape index (κ1) is 25.3. The Labute approximate surface area is 213 Å². The van der Waals surface area contributed by atoms with Crippen molar-refractivity contribution in [3.05, 3.63) is 94.5 Å². The van der Waals surface area contributed by atoms with Crippen molar-refractivity contribution in [1.29, 1.82) is 0 Å². The number of carbonyl (C=O) groups is 5. The number of aryl methyl sites for hydroxylation is 1. The molecule has 0 radical (unpaired) electrons. The molecular formula is C28H25N3O6. The summed E-state index contributed by atoms with van der Waals surface area (Å²) in [5.74, 6) is -2.52. The fourth-order valence-corrected chi connectivity index (χ4v) is 3.88. The van der Waals surface area contributed by atoms with E-state index in [0.29, 0.717) is 17.9 Å². The zero-order valence-corrected chi connectivity index (χ0v) is 20.6. The Bertz CT molecular complexity index is 1400. The first-order valence-corrected chi connectivity index (χ1v) is 11.5. The van der Waals surface area contributed by atoms with Gasteiger partial charge in [0.05, 0.1) is 22.4 Å². The van der Waals surface area contributed by atoms with Gasteiger partial charge in [-0.1, -0.05) is 29.8 Å². The molecule has 0 atom stereocenters. The molecule has 0 aliphatic carbocycles. The fourth-order valence-electron chi connectivity index (χ4n) is 3.88. The second kappa shape index (κ2) is 10.4. The van der Waals surface area contributed by atoms with E-state index in [0.717, 1.165) is 16.0 Å². The number of carbonyl (C=O) groups excluding carboxylic acids is 5. The molecule has 0 aromatic heterocycles. The van der Waals surface area contributed by atoms with Crippen molar-refractivity contribution in [3.63, 3.8) is 0 Å². The maximum atomic E-state index is 13.0. The minimum Gasteiger partial charge on any atom is -0.452 e. The number of nitrogens with one attached hydrogen (secondary N) is 1. The number of benzene rings is 3. The van der Waals surface area contributed by atoms with E-state index in [1.165, 1.54) is 30.0 Å². The van der Waals surface area contributed by atoms with Crippen LogP contribution in [0.2, 0.25) is 0 Å². The summed E-state index contributed by atoms with van der Waals surface area (Å²) in [6.45, 7) is 3.26. The van der Waals surface area contributed by atoms with Crippen LogP contribution in [0.4, 0.5) is 11.4 Å². The standard InChI is InChI=1S/C28H25N3O6/c1-17-4-6-19(7-5-17)15-30(3)25(33)16-37-28(36)20-8-13-23-24(14-20)27(35)31(26(23)34)22-11-9-21(10-12-22)29-18(2)32/h4-14H,15-16H2,1-3H3,(H,29,32). The average molecular weight is 500 g/mol. The molecule has 1 heterocycles. The Morgan fingerprint density at radius 2 is 1.54 bits per heavy atom. The van der Waals surface area contributed by atoms with Gasteiger partial charge in [0.25, 0.3) is 17.7 Å². The van der Waals surface area contributed by atoms with Crippen LogP contribution in [0.1, 0.15) is 49.1 Å². The number of likely N-dealkylation sites (N-methyl/N-ethyl adjacent to an activating group) is 1. The maximum Gasteiger partial charge on any atom is 0.338 e. The third-order valence-electron chi connectivity index (χ3n) is 5.86. The van der Waals surface area contributed by atoms with E-state index >= 15 is 0 Å².